The molecule has 1 aromatic rings. The minimum absolute atomic E-state index is 0.790. The molecule has 1 aliphatic rings. The molecule has 0 fully saturated rings. The summed E-state index contributed by atoms with van der Waals surface area (Å²) in [6, 6.07) is 6.19. The van der Waals surface area contributed by atoms with Crippen molar-refractivity contribution in [3.8, 4) is 0 Å². The highest BCUT2D eigenvalue weighted by Gasteiger charge is 2.11. The van der Waals surface area contributed by atoms with Gasteiger partial charge in [-0.2, -0.15) is 0 Å². The molecular formula is C21H32ClN3O. The lowest BCUT2D eigenvalue weighted by Crippen LogP contribution is -2.22. The van der Waals surface area contributed by atoms with Crippen LogP contribution in [0.3, 0.4) is 0 Å². The molecule has 1 aromatic carbocycles. The van der Waals surface area contributed by atoms with E-state index in [-0.39, 0.29) is 0 Å². The van der Waals surface area contributed by atoms with E-state index in [0.29, 0.717) is 0 Å². The number of benzene rings is 1. The van der Waals surface area contributed by atoms with E-state index < -0.39 is 0 Å². The average molecular weight is 378 g/mol. The molecule has 0 amide bonds. The van der Waals surface area contributed by atoms with Crippen LogP contribution in [0.15, 0.2) is 42.3 Å². The lowest BCUT2D eigenvalue weighted by Gasteiger charge is -2.24. The van der Waals surface area contributed by atoms with Gasteiger partial charge in [-0.15, -0.1) is 0 Å². The third-order valence-electron chi connectivity index (χ3n) is 4.32. The van der Waals surface area contributed by atoms with Crippen LogP contribution in [0.2, 0.25) is 5.02 Å². The monoisotopic (exact) mass is 377 g/mol. The maximum Gasteiger partial charge on any atom is 0.118 e. The maximum atomic E-state index is 6.60. The van der Waals surface area contributed by atoms with E-state index in [1.165, 1.54) is 12.8 Å². The fourth-order valence-corrected chi connectivity index (χ4v) is 3.01. The number of halogens is 1. The number of hydrogen-bond donors (Lipinski definition) is 1. The van der Waals surface area contributed by atoms with Crippen LogP contribution in [0.4, 0.5) is 5.69 Å². The van der Waals surface area contributed by atoms with E-state index in [1.807, 2.05) is 12.1 Å². The molecule has 1 N–H and O–H groups in total. The summed E-state index contributed by atoms with van der Waals surface area (Å²) in [6.45, 7) is 6.49. The molecule has 0 radical (unpaired) electrons. The van der Waals surface area contributed by atoms with E-state index >= 15 is 0 Å². The van der Waals surface area contributed by atoms with Gasteiger partial charge in [-0.3, -0.25) is 0 Å². The van der Waals surface area contributed by atoms with Crippen molar-refractivity contribution in [2.24, 2.45) is 0 Å². The van der Waals surface area contributed by atoms with Gasteiger partial charge in [0, 0.05) is 32.4 Å². The van der Waals surface area contributed by atoms with Gasteiger partial charge < -0.3 is 19.9 Å². The molecule has 2 rings (SSSR count). The summed E-state index contributed by atoms with van der Waals surface area (Å²) in [5, 5.41) is 4.23. The molecule has 0 atom stereocenters. The molecule has 26 heavy (non-hydrogen) atoms. The van der Waals surface area contributed by atoms with Gasteiger partial charge in [0.2, 0.25) is 0 Å². The molecule has 4 nitrogen and oxygen atoms in total. The van der Waals surface area contributed by atoms with Crippen molar-refractivity contribution >= 4 is 17.3 Å². The van der Waals surface area contributed by atoms with Gasteiger partial charge >= 0.3 is 0 Å². The van der Waals surface area contributed by atoms with Crippen molar-refractivity contribution in [1.82, 2.24) is 9.80 Å². The topological polar surface area (TPSA) is 27.7 Å². The predicted octanol–water partition coefficient (Wildman–Crippen LogP) is 4.73. The van der Waals surface area contributed by atoms with Crippen molar-refractivity contribution in [2.75, 3.05) is 45.7 Å². The molecule has 0 aliphatic carbocycles. The third-order valence-corrected chi connectivity index (χ3v) is 4.77. The normalized spacial score (nSPS) is 13.9. The summed E-state index contributed by atoms with van der Waals surface area (Å²) >= 11 is 6.60. The first-order valence-electron chi connectivity index (χ1n) is 9.51. The van der Waals surface area contributed by atoms with Gasteiger partial charge in [-0.25, -0.2) is 0 Å². The molecule has 0 aromatic heterocycles. The smallest absolute Gasteiger partial charge is 0.118 e. The SMILES string of the molecule is CCCCCOC1=CCN(Cc2cccc(NCCN(C)C)c2Cl)C=C1. The van der Waals surface area contributed by atoms with Crippen molar-refractivity contribution < 1.29 is 4.74 Å². The number of ether oxygens (including phenoxy) is 1. The minimum atomic E-state index is 0.790. The number of anilines is 1. The first-order chi connectivity index (χ1) is 12.6. The van der Waals surface area contributed by atoms with Crippen LogP contribution in [-0.2, 0) is 11.3 Å². The highest BCUT2D eigenvalue weighted by Crippen LogP contribution is 2.27. The van der Waals surface area contributed by atoms with Gasteiger partial charge in [-0.05, 0) is 44.3 Å². The van der Waals surface area contributed by atoms with Crippen LogP contribution < -0.4 is 5.32 Å². The molecular weight excluding hydrogens is 346 g/mol. The Labute approximate surface area is 163 Å². The minimum Gasteiger partial charge on any atom is -0.494 e. The van der Waals surface area contributed by atoms with Crippen LogP contribution in [0.1, 0.15) is 31.7 Å². The first-order valence-corrected chi connectivity index (χ1v) is 9.89. The van der Waals surface area contributed by atoms with Gasteiger partial charge in [-0.1, -0.05) is 43.5 Å². The summed E-state index contributed by atoms with van der Waals surface area (Å²) in [4.78, 5) is 4.39. The van der Waals surface area contributed by atoms with Crippen molar-refractivity contribution in [3.63, 3.8) is 0 Å². The number of likely N-dealkylation sites (N-methyl/N-ethyl adjacent to an activating group) is 1. The number of allylic oxidation sites excluding steroid dienone is 1. The number of rotatable bonds is 11. The molecule has 5 heteroatoms. The average Bonchev–Trinajstić information content (AvgIpc) is 2.63. The number of nitrogens with zero attached hydrogens (tertiary/aromatic N) is 2. The summed E-state index contributed by atoms with van der Waals surface area (Å²) in [5.41, 5.74) is 2.13. The van der Waals surface area contributed by atoms with Gasteiger partial charge in [0.25, 0.3) is 0 Å². The Morgan fingerprint density at radius 2 is 2.12 bits per heavy atom. The van der Waals surface area contributed by atoms with E-state index in [0.717, 1.165) is 61.2 Å². The highest BCUT2D eigenvalue weighted by atomic mass is 35.5. The second-order valence-electron chi connectivity index (χ2n) is 6.92. The van der Waals surface area contributed by atoms with Gasteiger partial charge in [0.1, 0.15) is 5.76 Å². The van der Waals surface area contributed by atoms with Crippen LogP contribution in [0.25, 0.3) is 0 Å². The molecule has 144 valence electrons. The fraction of sp³-hybridized carbons (Fsp3) is 0.524. The summed E-state index contributed by atoms with van der Waals surface area (Å²) < 4.78 is 5.80. The zero-order chi connectivity index (χ0) is 18.8. The van der Waals surface area contributed by atoms with Crippen LogP contribution in [-0.4, -0.2) is 50.1 Å². The van der Waals surface area contributed by atoms with Crippen LogP contribution in [0, 0.1) is 0 Å². The largest absolute Gasteiger partial charge is 0.494 e. The summed E-state index contributed by atoms with van der Waals surface area (Å²) in [6.07, 6.45) is 9.84. The maximum absolute atomic E-state index is 6.60. The number of hydrogen-bond acceptors (Lipinski definition) is 4. The van der Waals surface area contributed by atoms with Crippen LogP contribution >= 0.6 is 11.6 Å². The van der Waals surface area contributed by atoms with E-state index in [1.54, 1.807) is 0 Å². The molecule has 0 saturated heterocycles. The second kappa shape index (κ2) is 11.1. The second-order valence-corrected chi connectivity index (χ2v) is 7.29. The lowest BCUT2D eigenvalue weighted by atomic mass is 10.1. The molecule has 0 saturated carbocycles. The van der Waals surface area contributed by atoms with Crippen LogP contribution in [0.5, 0.6) is 0 Å². The summed E-state index contributed by atoms with van der Waals surface area (Å²) in [5.74, 6) is 0.975. The lowest BCUT2D eigenvalue weighted by molar-refractivity contribution is 0.211. The predicted molar refractivity (Wildman–Crippen MR) is 112 cm³/mol. The van der Waals surface area contributed by atoms with E-state index in [9.17, 15) is 0 Å². The van der Waals surface area contributed by atoms with Crippen molar-refractivity contribution in [2.45, 2.75) is 32.7 Å². The Kier molecular flexibility index (Phi) is 8.86. The molecule has 0 unspecified atom stereocenters. The Balaban J connectivity index is 1.84. The Morgan fingerprint density at radius 1 is 1.27 bits per heavy atom. The molecule has 1 heterocycles. The Hall–Kier alpha value is -1.65. The highest BCUT2D eigenvalue weighted by molar-refractivity contribution is 6.34. The third kappa shape index (κ3) is 6.93. The molecule has 0 bridgehead atoms. The fourth-order valence-electron chi connectivity index (χ4n) is 2.75. The standard InChI is InChI=1S/C21H32ClN3O/c1-4-5-6-16-26-19-10-13-25(14-11-19)17-18-8-7-9-20(21(18)22)23-12-15-24(2)3/h7-11,13,23H,4-6,12,14-17H2,1-3H3. The first kappa shape index (κ1) is 20.7. The zero-order valence-electron chi connectivity index (χ0n) is 16.3. The van der Waals surface area contributed by atoms with E-state index in [4.69, 9.17) is 16.3 Å². The van der Waals surface area contributed by atoms with Gasteiger partial charge in [0.15, 0.2) is 0 Å². The molecule has 0 spiro atoms. The van der Waals surface area contributed by atoms with E-state index in [2.05, 4.69) is 60.5 Å². The number of nitrogens with one attached hydrogen (secondary N) is 1. The Morgan fingerprint density at radius 3 is 2.81 bits per heavy atom. The molecule has 1 aliphatic heterocycles. The number of unbranched alkanes of at least 4 members (excludes halogenated alkanes) is 2. The summed E-state index contributed by atoms with van der Waals surface area (Å²) in [7, 11) is 4.13. The Bertz CT molecular complexity index is 613. The quantitative estimate of drug-likeness (QED) is 0.564. The van der Waals surface area contributed by atoms with Crippen molar-refractivity contribution in [3.05, 3.63) is 52.9 Å². The van der Waals surface area contributed by atoms with Crippen molar-refractivity contribution in [1.29, 1.82) is 0 Å². The van der Waals surface area contributed by atoms with Gasteiger partial charge in [0.05, 0.1) is 17.3 Å². The zero-order valence-corrected chi connectivity index (χ0v) is 17.1.